The molecule has 1 N–H and O–H groups in total. The minimum absolute atomic E-state index is 0.0878. The maximum Gasteiger partial charge on any atom is 0.231 e. The summed E-state index contributed by atoms with van der Waals surface area (Å²) in [6.07, 6.45) is 11.8. The number of hydrogen-bond donors (Lipinski definition) is 1. The first-order chi connectivity index (χ1) is 22.7. The molecule has 0 aromatic carbocycles. The molecule has 0 radical (unpaired) electrons. The van der Waals surface area contributed by atoms with Gasteiger partial charge >= 0.3 is 0 Å². The molecule has 3 aromatic heterocycles. The van der Waals surface area contributed by atoms with Gasteiger partial charge in [0.25, 0.3) is 0 Å². The Morgan fingerprint density at radius 3 is 2.44 bits per heavy atom. The first kappa shape index (κ1) is 33.7. The van der Waals surface area contributed by atoms with Crippen LogP contribution in [0.3, 0.4) is 0 Å². The quantitative estimate of drug-likeness (QED) is 0.170. The summed E-state index contributed by atoms with van der Waals surface area (Å²) in [7, 11) is 0. The van der Waals surface area contributed by atoms with Crippen molar-refractivity contribution in [3.8, 4) is 11.1 Å². The molecule has 3 aromatic rings. The molecule has 3 atom stereocenters. The van der Waals surface area contributed by atoms with Gasteiger partial charge in [-0.2, -0.15) is 5.10 Å². The lowest BCUT2D eigenvalue weighted by atomic mass is 9.39. The van der Waals surface area contributed by atoms with Gasteiger partial charge in [-0.1, -0.05) is 31.5 Å². The van der Waals surface area contributed by atoms with E-state index in [-0.39, 0.29) is 44.6 Å². The van der Waals surface area contributed by atoms with Crippen molar-refractivity contribution in [3.05, 3.63) is 58.4 Å². The molecule has 1 saturated heterocycles. The van der Waals surface area contributed by atoms with Crippen LogP contribution in [0.4, 0.5) is 0 Å². The summed E-state index contributed by atoms with van der Waals surface area (Å²) in [5, 5.41) is 16.6. The molecule has 4 bridgehead atoms. The molecular weight excluding hydrogens is 628 g/mol. The first-order valence-corrected chi connectivity index (χ1v) is 17.8. The molecule has 0 amide bonds. The van der Waals surface area contributed by atoms with Gasteiger partial charge in [0.05, 0.1) is 31.1 Å². The number of carbonyl (C=O) groups is 1. The number of nitrogens with one attached hydrogen (secondary N) is 1. The van der Waals surface area contributed by atoms with Gasteiger partial charge in [-0.25, -0.2) is 0 Å². The van der Waals surface area contributed by atoms with Crippen molar-refractivity contribution >= 4 is 17.4 Å². The highest BCUT2D eigenvalue weighted by Gasteiger charge is 2.66. The predicted molar refractivity (Wildman–Crippen MR) is 183 cm³/mol. The molecule has 8 rings (SSSR count). The maximum atomic E-state index is 13.0. The molecule has 4 aliphatic carbocycles. The van der Waals surface area contributed by atoms with E-state index in [1.165, 1.54) is 19.3 Å². The van der Waals surface area contributed by atoms with E-state index < -0.39 is 5.79 Å². The smallest absolute Gasteiger partial charge is 0.231 e. The van der Waals surface area contributed by atoms with E-state index in [0.717, 1.165) is 68.7 Å². The number of pyridine rings is 1. The second-order valence-electron chi connectivity index (χ2n) is 16.5. The number of nitrogens with zero attached hydrogens (tertiary/aromatic N) is 5. The normalized spacial score (nSPS) is 31.9. The highest BCUT2D eigenvalue weighted by atomic mass is 35.5. The van der Waals surface area contributed by atoms with Crippen molar-refractivity contribution in [1.29, 1.82) is 0 Å². The lowest BCUT2D eigenvalue weighted by Crippen LogP contribution is -2.64. The number of aromatic nitrogens is 5. The zero-order chi connectivity index (χ0) is 34.0. The predicted octanol–water partition coefficient (Wildman–Crippen LogP) is 6.50. The summed E-state index contributed by atoms with van der Waals surface area (Å²) < 4.78 is 20.8. The zero-order valence-electron chi connectivity index (χ0n) is 29.2. The summed E-state index contributed by atoms with van der Waals surface area (Å²) in [6, 6.07) is 5.32. The lowest BCUT2D eigenvalue weighted by Gasteiger charge is -2.69. The van der Waals surface area contributed by atoms with E-state index in [4.69, 9.17) is 30.9 Å². The SMILES string of the molecule is Cc1cc(C(=O)c2ccc(-c3cnn(CC45CC6(C)CC(C)(C4)CC(OCCNCCC4COC(C)(C)O4)(C6)C5)c3C)cn2)nnc1Cl. The van der Waals surface area contributed by atoms with Crippen LogP contribution in [0.5, 0.6) is 0 Å². The highest BCUT2D eigenvalue weighted by molar-refractivity contribution is 6.30. The van der Waals surface area contributed by atoms with E-state index in [1.54, 1.807) is 25.3 Å². The van der Waals surface area contributed by atoms with Crippen LogP contribution in [0.25, 0.3) is 11.1 Å². The second kappa shape index (κ2) is 12.2. The van der Waals surface area contributed by atoms with Crippen molar-refractivity contribution in [1.82, 2.24) is 30.3 Å². The van der Waals surface area contributed by atoms with Crippen LogP contribution in [-0.4, -0.2) is 74.5 Å². The minimum atomic E-state index is -0.468. The van der Waals surface area contributed by atoms with Gasteiger partial charge in [0.1, 0.15) is 11.4 Å². The number of aryl methyl sites for hydroxylation is 1. The van der Waals surface area contributed by atoms with Gasteiger partial charge in [-0.3, -0.25) is 14.5 Å². The third kappa shape index (κ3) is 6.71. The second-order valence-corrected chi connectivity index (χ2v) is 16.8. The van der Waals surface area contributed by atoms with Crippen LogP contribution >= 0.6 is 11.6 Å². The fourth-order valence-corrected chi connectivity index (χ4v) is 10.5. The van der Waals surface area contributed by atoms with Crippen LogP contribution in [0.2, 0.25) is 5.15 Å². The number of halogens is 1. The van der Waals surface area contributed by atoms with Crippen molar-refractivity contribution in [2.75, 3.05) is 26.3 Å². The summed E-state index contributed by atoms with van der Waals surface area (Å²) in [4.78, 5) is 17.5. The van der Waals surface area contributed by atoms with Gasteiger partial charge in [0.2, 0.25) is 5.78 Å². The summed E-state index contributed by atoms with van der Waals surface area (Å²) >= 11 is 5.99. The van der Waals surface area contributed by atoms with E-state index >= 15 is 0 Å². The molecule has 3 unspecified atom stereocenters. The van der Waals surface area contributed by atoms with Gasteiger partial charge in [-0.05, 0) is 113 Å². The molecule has 5 fully saturated rings. The van der Waals surface area contributed by atoms with E-state index in [1.807, 2.05) is 26.1 Å². The van der Waals surface area contributed by atoms with Crippen molar-refractivity contribution < 1.29 is 19.0 Å². The number of carbonyl (C=O) groups excluding carboxylic acids is 1. The number of ketones is 1. The molecule has 258 valence electrons. The van der Waals surface area contributed by atoms with E-state index in [9.17, 15) is 4.79 Å². The van der Waals surface area contributed by atoms with Gasteiger partial charge < -0.3 is 19.5 Å². The third-order valence-electron chi connectivity index (χ3n) is 11.1. The molecule has 1 aliphatic heterocycles. The Bertz CT molecular complexity index is 1670. The van der Waals surface area contributed by atoms with E-state index in [0.29, 0.717) is 17.9 Å². The fourth-order valence-electron chi connectivity index (χ4n) is 10.4. The Hall–Kier alpha value is -2.76. The van der Waals surface area contributed by atoms with Gasteiger partial charge in [-0.15, -0.1) is 10.2 Å². The summed E-state index contributed by atoms with van der Waals surface area (Å²) in [5.41, 5.74) is 4.91. The highest BCUT2D eigenvalue weighted by Crippen LogP contribution is 2.72. The fraction of sp³-hybridized carbons (Fsp3) is 0.649. The lowest BCUT2D eigenvalue weighted by molar-refractivity contribution is -0.247. The van der Waals surface area contributed by atoms with Crippen LogP contribution in [0, 0.1) is 30.1 Å². The van der Waals surface area contributed by atoms with Crippen molar-refractivity contribution in [2.45, 2.75) is 111 Å². The van der Waals surface area contributed by atoms with Gasteiger partial charge in [0.15, 0.2) is 10.9 Å². The molecule has 48 heavy (non-hydrogen) atoms. The number of hydrogen-bond acceptors (Lipinski definition) is 9. The van der Waals surface area contributed by atoms with Crippen LogP contribution in [0.15, 0.2) is 30.6 Å². The van der Waals surface area contributed by atoms with E-state index in [2.05, 4.69) is 46.0 Å². The molecule has 4 heterocycles. The Balaban J connectivity index is 1.01. The summed E-state index contributed by atoms with van der Waals surface area (Å²) in [5.74, 6) is -0.751. The van der Waals surface area contributed by atoms with Gasteiger partial charge in [0, 0.05) is 36.1 Å². The summed E-state index contributed by atoms with van der Waals surface area (Å²) in [6.45, 7) is 16.9. The topological polar surface area (TPSA) is 113 Å². The van der Waals surface area contributed by atoms with Crippen molar-refractivity contribution in [3.63, 3.8) is 0 Å². The molecule has 5 aliphatic rings. The minimum Gasteiger partial charge on any atom is -0.374 e. The Labute approximate surface area is 288 Å². The van der Waals surface area contributed by atoms with Crippen LogP contribution in [-0.2, 0) is 20.8 Å². The molecule has 4 saturated carbocycles. The number of ether oxygens (including phenoxy) is 3. The molecular formula is C37H49ClN6O4. The average molecular weight is 677 g/mol. The monoisotopic (exact) mass is 676 g/mol. The maximum absolute atomic E-state index is 13.0. The Morgan fingerprint density at radius 1 is 1.00 bits per heavy atom. The van der Waals surface area contributed by atoms with Crippen molar-refractivity contribution in [2.24, 2.45) is 16.2 Å². The molecule has 11 heteroatoms. The van der Waals surface area contributed by atoms with Crippen LogP contribution in [0.1, 0.15) is 100 Å². The molecule has 0 spiro atoms. The first-order valence-electron chi connectivity index (χ1n) is 17.4. The molecule has 10 nitrogen and oxygen atoms in total. The zero-order valence-corrected chi connectivity index (χ0v) is 30.0. The Kier molecular flexibility index (Phi) is 8.59. The average Bonchev–Trinajstić information content (AvgIpc) is 3.54. The third-order valence-corrected chi connectivity index (χ3v) is 11.5. The largest absolute Gasteiger partial charge is 0.374 e. The standard InChI is InChI=1S/C37H49ClN6O4/c1-24-13-30(42-43-32(24)38)31(45)29-8-7-26(14-40-29)28-15-41-44(25(28)2)23-36-18-34(5)17-35(6,19-36)21-37(20-34,22-36)46-12-11-39-10-9-27-16-47-33(3,4)48-27/h7-8,13-15,27,39H,9-12,16-23H2,1-6H3. The Morgan fingerprint density at radius 2 is 1.77 bits per heavy atom. The van der Waals surface area contributed by atoms with Crippen LogP contribution < -0.4 is 5.32 Å². The number of rotatable bonds is 12.